The molecule has 0 bridgehead atoms. The molecule has 0 fully saturated rings. The summed E-state index contributed by atoms with van der Waals surface area (Å²) < 4.78 is 1.25. The van der Waals surface area contributed by atoms with Crippen molar-refractivity contribution in [2.24, 2.45) is 10.7 Å². The fourth-order valence-corrected chi connectivity index (χ4v) is 2.86. The van der Waals surface area contributed by atoms with Crippen molar-refractivity contribution in [2.45, 2.75) is 39.5 Å². The van der Waals surface area contributed by atoms with Gasteiger partial charge in [-0.05, 0) is 58.7 Å². The lowest BCUT2D eigenvalue weighted by molar-refractivity contribution is -0.128. The van der Waals surface area contributed by atoms with Crippen LogP contribution in [0.3, 0.4) is 0 Å². The molecule has 1 rings (SSSR count). The van der Waals surface area contributed by atoms with Crippen LogP contribution in [-0.2, 0) is 22.4 Å². The van der Waals surface area contributed by atoms with Gasteiger partial charge in [-0.2, -0.15) is 4.99 Å². The van der Waals surface area contributed by atoms with Gasteiger partial charge in [0.25, 0.3) is 0 Å². The number of amidine groups is 1. The molecule has 0 aromatic heterocycles. The second-order valence-corrected chi connectivity index (χ2v) is 5.64. The molecule has 0 heterocycles. The first kappa shape index (κ1) is 16.8. The van der Waals surface area contributed by atoms with Crippen LogP contribution in [0.15, 0.2) is 17.1 Å². The molecule has 1 aromatic rings. The minimum Gasteiger partial charge on any atom is -0.383 e. The van der Waals surface area contributed by atoms with Crippen molar-refractivity contribution in [3.8, 4) is 0 Å². The van der Waals surface area contributed by atoms with Gasteiger partial charge in [0.2, 0.25) is 6.29 Å². The van der Waals surface area contributed by atoms with Crippen LogP contribution < -0.4 is 5.73 Å². The first-order valence-corrected chi connectivity index (χ1v) is 7.76. The lowest BCUT2D eigenvalue weighted by atomic mass is 9.99. The van der Waals surface area contributed by atoms with Gasteiger partial charge in [0, 0.05) is 9.13 Å². The number of amides is 1. The summed E-state index contributed by atoms with van der Waals surface area (Å²) in [4.78, 5) is 25.0. The molecule has 1 amide bonds. The maximum Gasteiger partial charge on any atom is 0.311 e. The summed E-state index contributed by atoms with van der Waals surface area (Å²) in [6.07, 6.45) is 4.15. The van der Waals surface area contributed by atoms with Crippen LogP contribution in [0, 0.1) is 3.57 Å². The van der Waals surface area contributed by atoms with E-state index in [0.717, 1.165) is 25.7 Å². The predicted octanol–water partition coefficient (Wildman–Crippen LogP) is 2.63. The smallest absolute Gasteiger partial charge is 0.311 e. The summed E-state index contributed by atoms with van der Waals surface area (Å²) in [6, 6.07) is 3.92. The first-order valence-electron chi connectivity index (χ1n) is 6.68. The van der Waals surface area contributed by atoms with Gasteiger partial charge in [-0.1, -0.05) is 26.7 Å². The fourth-order valence-electron chi connectivity index (χ4n) is 2.01. The molecule has 1 aromatic carbocycles. The standard InChI is InChI=1S/C15H19IN2O2/c1-3-5-10-7-12(15(17)18-13(20)9-19)8-11(6-4-2)14(10)16/h7-9H,3-6H2,1-2H3,(H2,17,18,20). The number of rotatable bonds is 6. The number of carbonyl (C=O) groups is 2. The Morgan fingerprint density at radius 3 is 2.15 bits per heavy atom. The molecular weight excluding hydrogens is 367 g/mol. The molecule has 0 unspecified atom stereocenters. The van der Waals surface area contributed by atoms with Gasteiger partial charge < -0.3 is 5.73 Å². The molecule has 2 N–H and O–H groups in total. The molecule has 5 heteroatoms. The van der Waals surface area contributed by atoms with Crippen LogP contribution >= 0.6 is 22.6 Å². The van der Waals surface area contributed by atoms with E-state index in [1.807, 2.05) is 12.1 Å². The average molecular weight is 386 g/mol. The summed E-state index contributed by atoms with van der Waals surface area (Å²) in [5.41, 5.74) is 8.96. The van der Waals surface area contributed by atoms with Gasteiger partial charge >= 0.3 is 5.91 Å². The number of nitrogens with zero attached hydrogens (tertiary/aromatic N) is 1. The molecular formula is C15H19IN2O2. The topological polar surface area (TPSA) is 72.5 Å². The third kappa shape index (κ3) is 4.40. The first-order chi connectivity index (χ1) is 9.53. The highest BCUT2D eigenvalue weighted by atomic mass is 127. The van der Waals surface area contributed by atoms with Crippen molar-refractivity contribution in [3.05, 3.63) is 32.4 Å². The Morgan fingerprint density at radius 2 is 1.75 bits per heavy atom. The highest BCUT2D eigenvalue weighted by molar-refractivity contribution is 14.1. The quantitative estimate of drug-likeness (QED) is 0.269. The number of aliphatic imine (C=N–C) groups is 1. The second-order valence-electron chi connectivity index (χ2n) is 4.56. The van der Waals surface area contributed by atoms with E-state index in [1.54, 1.807) is 0 Å². The largest absolute Gasteiger partial charge is 0.383 e. The van der Waals surface area contributed by atoms with Gasteiger partial charge in [-0.3, -0.25) is 9.59 Å². The summed E-state index contributed by atoms with van der Waals surface area (Å²) in [5, 5.41) is 0. The van der Waals surface area contributed by atoms with Gasteiger partial charge in [-0.15, -0.1) is 0 Å². The van der Waals surface area contributed by atoms with Crippen molar-refractivity contribution in [1.29, 1.82) is 0 Å². The highest BCUT2D eigenvalue weighted by Gasteiger charge is 2.11. The zero-order chi connectivity index (χ0) is 15.1. The normalized spacial score (nSPS) is 11.4. The Labute approximate surface area is 133 Å². The van der Waals surface area contributed by atoms with E-state index >= 15 is 0 Å². The Morgan fingerprint density at radius 1 is 1.25 bits per heavy atom. The third-order valence-corrected chi connectivity index (χ3v) is 4.27. The Bertz CT molecular complexity index is 512. The molecule has 20 heavy (non-hydrogen) atoms. The molecule has 0 spiro atoms. The minimum atomic E-state index is -0.852. The number of nitrogens with two attached hydrogens (primary N) is 1. The second kappa shape index (κ2) is 8.14. The molecule has 0 aliphatic carbocycles. The minimum absolute atomic E-state index is 0.105. The number of carbonyl (C=O) groups excluding carboxylic acids is 2. The number of aldehydes is 1. The summed E-state index contributed by atoms with van der Waals surface area (Å²) in [5.74, 6) is -0.747. The summed E-state index contributed by atoms with van der Waals surface area (Å²) in [6.45, 7) is 4.24. The molecule has 0 aliphatic heterocycles. The van der Waals surface area contributed by atoms with Crippen LogP contribution in [0.2, 0.25) is 0 Å². The lowest BCUT2D eigenvalue weighted by Crippen LogP contribution is -2.17. The summed E-state index contributed by atoms with van der Waals surface area (Å²) >= 11 is 2.36. The molecule has 0 saturated heterocycles. The van der Waals surface area contributed by atoms with Crippen LogP contribution in [0.1, 0.15) is 43.4 Å². The van der Waals surface area contributed by atoms with E-state index in [4.69, 9.17) is 5.73 Å². The molecule has 0 saturated carbocycles. The predicted molar refractivity (Wildman–Crippen MR) is 88.9 cm³/mol. The van der Waals surface area contributed by atoms with Crippen LogP contribution in [0.5, 0.6) is 0 Å². The van der Waals surface area contributed by atoms with Crippen LogP contribution in [0.25, 0.3) is 0 Å². The summed E-state index contributed by atoms with van der Waals surface area (Å²) in [7, 11) is 0. The Balaban J connectivity index is 3.28. The Hall–Kier alpha value is -1.24. The number of hydrogen-bond acceptors (Lipinski definition) is 2. The lowest BCUT2D eigenvalue weighted by Gasteiger charge is -2.12. The average Bonchev–Trinajstić information content (AvgIpc) is 2.43. The molecule has 4 nitrogen and oxygen atoms in total. The zero-order valence-corrected chi connectivity index (χ0v) is 13.9. The molecule has 0 atom stereocenters. The molecule has 0 radical (unpaired) electrons. The zero-order valence-electron chi connectivity index (χ0n) is 11.8. The van der Waals surface area contributed by atoms with Gasteiger partial charge in [-0.25, -0.2) is 0 Å². The maximum absolute atomic E-state index is 11.0. The molecule has 0 aliphatic rings. The van der Waals surface area contributed by atoms with E-state index in [2.05, 4.69) is 41.4 Å². The molecule has 108 valence electrons. The van der Waals surface area contributed by atoms with E-state index < -0.39 is 5.91 Å². The Kier molecular flexibility index (Phi) is 6.84. The number of halogens is 1. The van der Waals surface area contributed by atoms with Crippen LogP contribution in [-0.4, -0.2) is 18.0 Å². The van der Waals surface area contributed by atoms with E-state index in [-0.39, 0.29) is 12.1 Å². The maximum atomic E-state index is 11.0. The third-order valence-electron chi connectivity index (χ3n) is 2.89. The van der Waals surface area contributed by atoms with Gasteiger partial charge in [0.05, 0.1) is 0 Å². The van der Waals surface area contributed by atoms with Crippen molar-refractivity contribution < 1.29 is 9.59 Å². The number of aryl methyl sites for hydroxylation is 2. The van der Waals surface area contributed by atoms with Crippen molar-refractivity contribution in [1.82, 2.24) is 0 Å². The van der Waals surface area contributed by atoms with Crippen LogP contribution in [0.4, 0.5) is 0 Å². The van der Waals surface area contributed by atoms with E-state index in [9.17, 15) is 9.59 Å². The van der Waals surface area contributed by atoms with E-state index in [1.165, 1.54) is 14.7 Å². The van der Waals surface area contributed by atoms with Gasteiger partial charge in [0.15, 0.2) is 0 Å². The number of hydrogen-bond donors (Lipinski definition) is 1. The SMILES string of the molecule is CCCc1cc(C(N)=NC(=O)C=O)cc(CCC)c1I. The van der Waals surface area contributed by atoms with E-state index in [0.29, 0.717) is 5.56 Å². The highest BCUT2D eigenvalue weighted by Crippen LogP contribution is 2.23. The monoisotopic (exact) mass is 386 g/mol. The van der Waals surface area contributed by atoms with Crippen molar-refractivity contribution in [2.75, 3.05) is 0 Å². The fraction of sp³-hybridized carbons (Fsp3) is 0.400. The van der Waals surface area contributed by atoms with Crippen molar-refractivity contribution in [3.63, 3.8) is 0 Å². The van der Waals surface area contributed by atoms with Gasteiger partial charge in [0.1, 0.15) is 5.84 Å². The number of benzene rings is 1. The van der Waals surface area contributed by atoms with Crippen molar-refractivity contribution >= 4 is 40.6 Å².